The maximum Gasteiger partial charge on any atom is 0.227 e. The third kappa shape index (κ3) is 6.59. The number of aliphatic imine (C=N–C) groups is 1. The summed E-state index contributed by atoms with van der Waals surface area (Å²) in [6, 6.07) is 12.8. The zero-order valence-corrected chi connectivity index (χ0v) is 21.9. The van der Waals surface area contributed by atoms with Crippen molar-refractivity contribution in [1.82, 2.24) is 15.6 Å². The van der Waals surface area contributed by atoms with Gasteiger partial charge in [-0.15, -0.1) is 24.0 Å². The van der Waals surface area contributed by atoms with Crippen LogP contribution in [0.25, 0.3) is 0 Å². The number of benzene rings is 1. The molecule has 0 unspecified atom stereocenters. The van der Waals surface area contributed by atoms with E-state index in [2.05, 4.69) is 50.6 Å². The van der Waals surface area contributed by atoms with Crippen molar-refractivity contribution in [2.24, 2.45) is 4.99 Å². The molecule has 2 aliphatic heterocycles. The topological polar surface area (TPSA) is 72.9 Å². The predicted molar refractivity (Wildman–Crippen MR) is 146 cm³/mol. The van der Waals surface area contributed by atoms with E-state index in [1.165, 1.54) is 11.1 Å². The lowest BCUT2D eigenvalue weighted by molar-refractivity contribution is -0.118. The van der Waals surface area contributed by atoms with Crippen LogP contribution in [0.2, 0.25) is 0 Å². The lowest BCUT2D eigenvalue weighted by Gasteiger charge is -2.33. The molecular formula is C25H35IN6O. The summed E-state index contributed by atoms with van der Waals surface area (Å²) in [5.41, 5.74) is 3.54. The zero-order chi connectivity index (χ0) is 22.3. The Morgan fingerprint density at radius 2 is 1.94 bits per heavy atom. The third-order valence-electron chi connectivity index (χ3n) is 6.33. The summed E-state index contributed by atoms with van der Waals surface area (Å²) < 4.78 is 0. The van der Waals surface area contributed by atoms with E-state index in [1.54, 1.807) is 7.05 Å². The van der Waals surface area contributed by atoms with Gasteiger partial charge in [-0.1, -0.05) is 24.3 Å². The molecule has 1 aromatic carbocycles. The lowest BCUT2D eigenvalue weighted by atomic mass is 10.1. The number of para-hydroxylation sites is 1. The second-order valence-corrected chi connectivity index (χ2v) is 8.63. The van der Waals surface area contributed by atoms with Gasteiger partial charge in [-0.2, -0.15) is 0 Å². The summed E-state index contributed by atoms with van der Waals surface area (Å²) in [6.07, 6.45) is 6.30. The first-order chi connectivity index (χ1) is 15.6. The maximum absolute atomic E-state index is 12.6. The Balaban J connectivity index is 0.00000306. The number of pyridine rings is 1. The van der Waals surface area contributed by atoms with E-state index in [9.17, 15) is 4.79 Å². The summed E-state index contributed by atoms with van der Waals surface area (Å²) >= 11 is 0. The average Bonchev–Trinajstić information content (AvgIpc) is 3.26. The molecule has 178 valence electrons. The number of rotatable bonds is 6. The van der Waals surface area contributed by atoms with E-state index in [1.807, 2.05) is 29.3 Å². The van der Waals surface area contributed by atoms with E-state index in [0.717, 1.165) is 69.3 Å². The number of halogens is 1. The van der Waals surface area contributed by atoms with Gasteiger partial charge in [0.25, 0.3) is 0 Å². The number of fused-ring (bicyclic) bond motifs is 1. The Bertz CT molecular complexity index is 940. The molecule has 0 aliphatic carbocycles. The molecule has 1 saturated heterocycles. The average molecular weight is 563 g/mol. The Kier molecular flexibility index (Phi) is 9.34. The molecule has 0 atom stereocenters. The minimum Gasteiger partial charge on any atom is -0.356 e. The van der Waals surface area contributed by atoms with Gasteiger partial charge in [-0.3, -0.25) is 9.79 Å². The number of aromatic nitrogens is 1. The van der Waals surface area contributed by atoms with E-state index in [0.29, 0.717) is 12.5 Å². The molecule has 7 nitrogen and oxygen atoms in total. The molecule has 0 saturated carbocycles. The molecule has 8 heteroatoms. The van der Waals surface area contributed by atoms with E-state index in [-0.39, 0.29) is 29.9 Å². The molecule has 3 heterocycles. The van der Waals surface area contributed by atoms with Crippen molar-refractivity contribution in [3.63, 3.8) is 0 Å². The molecule has 33 heavy (non-hydrogen) atoms. The summed E-state index contributed by atoms with van der Waals surface area (Å²) in [6.45, 7) is 5.55. The molecular weight excluding hydrogens is 527 g/mol. The zero-order valence-electron chi connectivity index (χ0n) is 19.6. The van der Waals surface area contributed by atoms with Crippen LogP contribution in [0.5, 0.6) is 0 Å². The normalized spacial score (nSPS) is 16.2. The Morgan fingerprint density at radius 1 is 1.15 bits per heavy atom. The fraction of sp³-hybridized carbons (Fsp3) is 0.480. The molecule has 2 N–H and O–H groups in total. The number of hydrogen-bond donors (Lipinski definition) is 2. The van der Waals surface area contributed by atoms with Crippen LogP contribution in [0, 0.1) is 6.92 Å². The lowest BCUT2D eigenvalue weighted by Crippen LogP contribution is -2.49. The van der Waals surface area contributed by atoms with E-state index in [4.69, 9.17) is 0 Å². The van der Waals surface area contributed by atoms with Crippen LogP contribution < -0.4 is 20.4 Å². The van der Waals surface area contributed by atoms with Crippen molar-refractivity contribution in [2.45, 2.75) is 45.1 Å². The molecule has 1 aromatic heterocycles. The summed E-state index contributed by atoms with van der Waals surface area (Å²) in [7, 11) is 1.80. The first kappa shape index (κ1) is 25.3. The standard InChI is InChI=1S/C25H34N6O.HI/c1-19-9-10-23(28-18-19)30-15-12-21(13-16-30)29-25(26-2)27-14-5-8-24(32)31-17-11-20-6-3-4-7-22(20)31;/h3-4,6-7,9-10,18,21H,5,8,11-17H2,1-2H3,(H2,26,27,29);1H. The highest BCUT2D eigenvalue weighted by molar-refractivity contribution is 14.0. The second-order valence-electron chi connectivity index (χ2n) is 8.63. The van der Waals surface area contributed by atoms with Gasteiger partial charge in [0.2, 0.25) is 5.91 Å². The number of piperidine rings is 1. The first-order valence-electron chi connectivity index (χ1n) is 11.7. The van der Waals surface area contributed by atoms with Gasteiger partial charge in [0.15, 0.2) is 5.96 Å². The van der Waals surface area contributed by atoms with Gasteiger partial charge in [0, 0.05) is 57.6 Å². The van der Waals surface area contributed by atoms with Gasteiger partial charge >= 0.3 is 0 Å². The van der Waals surface area contributed by atoms with Gasteiger partial charge in [-0.05, 0) is 55.9 Å². The maximum atomic E-state index is 12.6. The smallest absolute Gasteiger partial charge is 0.227 e. The Labute approximate surface area is 214 Å². The third-order valence-corrected chi connectivity index (χ3v) is 6.33. The Hall–Kier alpha value is -2.36. The fourth-order valence-corrected chi connectivity index (χ4v) is 4.47. The van der Waals surface area contributed by atoms with Gasteiger partial charge in [0.05, 0.1) is 0 Å². The van der Waals surface area contributed by atoms with Crippen LogP contribution in [0.4, 0.5) is 11.5 Å². The van der Waals surface area contributed by atoms with Crippen molar-refractivity contribution in [2.75, 3.05) is 43.0 Å². The molecule has 1 fully saturated rings. The van der Waals surface area contributed by atoms with Crippen LogP contribution >= 0.6 is 24.0 Å². The minimum absolute atomic E-state index is 0. The number of carbonyl (C=O) groups is 1. The fourth-order valence-electron chi connectivity index (χ4n) is 4.47. The van der Waals surface area contributed by atoms with Crippen molar-refractivity contribution < 1.29 is 4.79 Å². The van der Waals surface area contributed by atoms with Crippen LogP contribution in [0.15, 0.2) is 47.6 Å². The quantitative estimate of drug-likeness (QED) is 0.244. The van der Waals surface area contributed by atoms with Crippen LogP contribution in [-0.2, 0) is 11.2 Å². The van der Waals surface area contributed by atoms with Gasteiger partial charge in [0.1, 0.15) is 5.82 Å². The predicted octanol–water partition coefficient (Wildman–Crippen LogP) is 3.51. The highest BCUT2D eigenvalue weighted by Crippen LogP contribution is 2.28. The minimum atomic E-state index is 0. The summed E-state index contributed by atoms with van der Waals surface area (Å²) in [5.74, 6) is 2.08. The summed E-state index contributed by atoms with van der Waals surface area (Å²) in [4.78, 5) is 25.8. The molecule has 2 aromatic rings. The number of anilines is 2. The molecule has 0 radical (unpaired) electrons. The van der Waals surface area contributed by atoms with Crippen molar-refractivity contribution in [1.29, 1.82) is 0 Å². The SMILES string of the molecule is CN=C(NCCCC(=O)N1CCc2ccccc21)NC1CCN(c2ccc(C)cn2)CC1.I. The molecule has 4 rings (SSSR count). The molecule has 0 spiro atoms. The summed E-state index contributed by atoms with van der Waals surface area (Å²) in [5, 5.41) is 6.91. The Morgan fingerprint density at radius 3 is 2.67 bits per heavy atom. The van der Waals surface area contributed by atoms with E-state index >= 15 is 0 Å². The second kappa shape index (κ2) is 12.2. The number of nitrogens with zero attached hydrogens (tertiary/aromatic N) is 4. The highest BCUT2D eigenvalue weighted by atomic mass is 127. The van der Waals surface area contributed by atoms with Crippen LogP contribution in [0.3, 0.4) is 0 Å². The molecule has 1 amide bonds. The number of hydrogen-bond acceptors (Lipinski definition) is 4. The molecule has 2 aliphatic rings. The van der Waals surface area contributed by atoms with Crippen molar-refractivity contribution in [3.8, 4) is 0 Å². The number of carbonyl (C=O) groups excluding carboxylic acids is 1. The van der Waals surface area contributed by atoms with Crippen molar-refractivity contribution >= 4 is 47.3 Å². The number of amides is 1. The number of guanidine groups is 1. The van der Waals surface area contributed by atoms with Crippen molar-refractivity contribution in [3.05, 3.63) is 53.7 Å². The van der Waals surface area contributed by atoms with Gasteiger partial charge in [-0.25, -0.2) is 4.98 Å². The monoisotopic (exact) mass is 562 g/mol. The highest BCUT2D eigenvalue weighted by Gasteiger charge is 2.24. The largest absolute Gasteiger partial charge is 0.356 e. The van der Waals surface area contributed by atoms with Crippen LogP contribution in [0.1, 0.15) is 36.8 Å². The number of aryl methyl sites for hydroxylation is 1. The van der Waals surface area contributed by atoms with Gasteiger partial charge < -0.3 is 20.4 Å². The van der Waals surface area contributed by atoms with E-state index < -0.39 is 0 Å². The number of nitrogens with one attached hydrogen (secondary N) is 2. The first-order valence-corrected chi connectivity index (χ1v) is 11.7. The molecule has 0 bridgehead atoms. The van der Waals surface area contributed by atoms with Crippen LogP contribution in [-0.4, -0.2) is 56.1 Å².